The maximum absolute atomic E-state index is 5.13. The minimum atomic E-state index is 0.977. The molecule has 9 aromatic rings. The topological polar surface area (TPSA) is 25.8 Å². The maximum atomic E-state index is 5.13. The first-order valence-corrected chi connectivity index (χ1v) is 14.3. The van der Waals surface area contributed by atoms with Crippen LogP contribution >= 0.6 is 0 Å². The largest absolute Gasteiger partial charge is 0.265 e. The molecule has 0 fully saturated rings. The van der Waals surface area contributed by atoms with E-state index in [1.54, 1.807) is 0 Å². The molecule has 194 valence electrons. The predicted octanol–water partition coefficient (Wildman–Crippen LogP) is 10.7. The lowest BCUT2D eigenvalue weighted by molar-refractivity contribution is 1.33. The number of aromatic nitrogens is 2. The van der Waals surface area contributed by atoms with Crippen molar-refractivity contribution in [2.75, 3.05) is 0 Å². The van der Waals surface area contributed by atoms with Crippen LogP contribution in [-0.4, -0.2) is 9.97 Å². The van der Waals surface area contributed by atoms with Crippen LogP contribution in [0.15, 0.2) is 146 Å². The molecule has 0 amide bonds. The average Bonchev–Trinajstić information content (AvgIpc) is 3.06. The molecule has 0 spiro atoms. The van der Waals surface area contributed by atoms with E-state index in [0.717, 1.165) is 11.3 Å². The Hall–Kier alpha value is -5.60. The predicted molar refractivity (Wildman–Crippen MR) is 177 cm³/mol. The molecule has 0 N–H and O–H groups in total. The smallest absolute Gasteiger partial charge is 0.0714 e. The number of hydrogen-bond acceptors (Lipinski definition) is 2. The molecule has 0 aliphatic heterocycles. The molecule has 0 saturated heterocycles. The zero-order valence-corrected chi connectivity index (χ0v) is 22.8. The van der Waals surface area contributed by atoms with Gasteiger partial charge in [0, 0.05) is 29.7 Å². The first-order valence-electron chi connectivity index (χ1n) is 14.3. The summed E-state index contributed by atoms with van der Waals surface area (Å²) in [7, 11) is 0. The highest BCUT2D eigenvalue weighted by Crippen LogP contribution is 2.44. The highest BCUT2D eigenvalue weighted by atomic mass is 14.7. The van der Waals surface area contributed by atoms with Gasteiger partial charge in [0.15, 0.2) is 0 Å². The third kappa shape index (κ3) is 3.33. The van der Waals surface area contributed by atoms with Crippen LogP contribution in [0.2, 0.25) is 0 Å². The Morgan fingerprint density at radius 3 is 1.62 bits per heavy atom. The van der Waals surface area contributed by atoms with E-state index in [1.165, 1.54) is 76.1 Å². The zero-order valence-electron chi connectivity index (χ0n) is 22.8. The lowest BCUT2D eigenvalue weighted by Crippen LogP contribution is -1.93. The van der Waals surface area contributed by atoms with Gasteiger partial charge in [-0.05, 0) is 88.8 Å². The Balaban J connectivity index is 1.26. The van der Waals surface area contributed by atoms with Crippen LogP contribution in [0.4, 0.5) is 0 Å². The summed E-state index contributed by atoms with van der Waals surface area (Å²) in [6.07, 6.45) is 5.78. The molecule has 7 aromatic carbocycles. The van der Waals surface area contributed by atoms with E-state index in [9.17, 15) is 0 Å². The van der Waals surface area contributed by atoms with Crippen molar-refractivity contribution < 1.29 is 0 Å². The summed E-state index contributed by atoms with van der Waals surface area (Å²) in [6, 6.07) is 46.0. The number of benzene rings is 7. The summed E-state index contributed by atoms with van der Waals surface area (Å²) in [5, 5.41) is 12.6. The lowest BCUT2D eigenvalue weighted by atomic mass is 9.87. The summed E-state index contributed by atoms with van der Waals surface area (Å²) in [6.45, 7) is 0. The van der Waals surface area contributed by atoms with Crippen LogP contribution in [0.1, 0.15) is 0 Å². The first-order chi connectivity index (χ1) is 20.8. The molecule has 9 rings (SSSR count). The summed E-state index contributed by atoms with van der Waals surface area (Å²) in [5.74, 6) is 0. The number of nitrogens with zero attached hydrogens (tertiary/aromatic N) is 2. The van der Waals surface area contributed by atoms with Crippen molar-refractivity contribution in [3.8, 4) is 33.5 Å². The fraction of sp³-hybridized carbons (Fsp3) is 0. The SMILES string of the molecule is c1cc2ccc3ccc(-c4ccc(-c5c6ccccc6c(-c6ccncc6)c6ccccc56)nc4)c4ccc(c1)c2c34. The zero-order chi connectivity index (χ0) is 27.6. The van der Waals surface area contributed by atoms with E-state index in [4.69, 9.17) is 4.98 Å². The van der Waals surface area contributed by atoms with Gasteiger partial charge in [-0.3, -0.25) is 9.97 Å². The van der Waals surface area contributed by atoms with Crippen molar-refractivity contribution in [2.45, 2.75) is 0 Å². The molecule has 0 aliphatic carbocycles. The number of hydrogen-bond donors (Lipinski definition) is 0. The van der Waals surface area contributed by atoms with Gasteiger partial charge in [-0.2, -0.15) is 0 Å². The van der Waals surface area contributed by atoms with Crippen LogP contribution in [0, 0.1) is 0 Å². The molecule has 0 aliphatic rings. The molecule has 0 bridgehead atoms. The maximum Gasteiger partial charge on any atom is 0.0714 e. The molecular weight excluding hydrogens is 508 g/mol. The van der Waals surface area contributed by atoms with E-state index in [-0.39, 0.29) is 0 Å². The number of pyridine rings is 2. The van der Waals surface area contributed by atoms with Gasteiger partial charge in [0.2, 0.25) is 0 Å². The van der Waals surface area contributed by atoms with Crippen molar-refractivity contribution in [3.63, 3.8) is 0 Å². The van der Waals surface area contributed by atoms with Crippen molar-refractivity contribution in [1.29, 1.82) is 0 Å². The molecule has 0 radical (unpaired) electrons. The van der Waals surface area contributed by atoms with Gasteiger partial charge < -0.3 is 0 Å². The van der Waals surface area contributed by atoms with Crippen LogP contribution in [0.3, 0.4) is 0 Å². The van der Waals surface area contributed by atoms with Crippen LogP contribution in [0.25, 0.3) is 87.4 Å². The third-order valence-corrected chi connectivity index (χ3v) is 8.76. The minimum Gasteiger partial charge on any atom is -0.265 e. The lowest BCUT2D eigenvalue weighted by Gasteiger charge is -2.17. The van der Waals surface area contributed by atoms with Crippen LogP contribution in [-0.2, 0) is 0 Å². The van der Waals surface area contributed by atoms with Crippen molar-refractivity contribution in [2.24, 2.45) is 0 Å². The van der Waals surface area contributed by atoms with E-state index in [0.29, 0.717) is 0 Å². The number of rotatable bonds is 3. The molecule has 42 heavy (non-hydrogen) atoms. The van der Waals surface area contributed by atoms with Crippen LogP contribution < -0.4 is 0 Å². The van der Waals surface area contributed by atoms with Crippen molar-refractivity contribution in [1.82, 2.24) is 9.97 Å². The van der Waals surface area contributed by atoms with Gasteiger partial charge in [0.1, 0.15) is 0 Å². The molecule has 2 heterocycles. The quantitative estimate of drug-likeness (QED) is 0.167. The van der Waals surface area contributed by atoms with Gasteiger partial charge in [0.05, 0.1) is 5.69 Å². The standard InChI is InChI=1S/C40H24N2/c1-3-10-33-31(8-1)38(28-20-22-41-23-21-28)32-9-2-4-11-34(32)40(33)36-19-16-29(24-42-36)30-17-14-27-13-12-25-6-5-7-26-15-18-35(30)39(27)37(25)26/h1-24H. The van der Waals surface area contributed by atoms with Crippen molar-refractivity contribution in [3.05, 3.63) is 146 Å². The molecule has 2 aromatic heterocycles. The molecular formula is C40H24N2. The van der Waals surface area contributed by atoms with E-state index in [1.807, 2.05) is 18.6 Å². The third-order valence-electron chi connectivity index (χ3n) is 8.76. The Morgan fingerprint density at radius 2 is 0.976 bits per heavy atom. The Bertz CT molecular complexity index is 2370. The Morgan fingerprint density at radius 1 is 0.381 bits per heavy atom. The van der Waals surface area contributed by atoms with Crippen LogP contribution in [0.5, 0.6) is 0 Å². The second-order valence-electron chi connectivity index (χ2n) is 11.0. The van der Waals surface area contributed by atoms with Gasteiger partial charge in [0.25, 0.3) is 0 Å². The summed E-state index contributed by atoms with van der Waals surface area (Å²) < 4.78 is 0. The summed E-state index contributed by atoms with van der Waals surface area (Å²) >= 11 is 0. The second-order valence-corrected chi connectivity index (χ2v) is 11.0. The van der Waals surface area contributed by atoms with Crippen molar-refractivity contribution >= 4 is 53.9 Å². The molecule has 2 nitrogen and oxygen atoms in total. The van der Waals surface area contributed by atoms with E-state index < -0.39 is 0 Å². The van der Waals surface area contributed by atoms with E-state index in [2.05, 4.69) is 132 Å². The monoisotopic (exact) mass is 532 g/mol. The number of fused-ring (bicyclic) bond motifs is 2. The molecule has 0 atom stereocenters. The first kappa shape index (κ1) is 23.1. The van der Waals surface area contributed by atoms with Gasteiger partial charge in [-0.1, -0.05) is 109 Å². The fourth-order valence-corrected chi connectivity index (χ4v) is 6.92. The molecule has 0 unspecified atom stereocenters. The Labute approximate surface area is 242 Å². The Kier molecular flexibility index (Phi) is 4.93. The summed E-state index contributed by atoms with van der Waals surface area (Å²) in [5.41, 5.74) is 6.88. The van der Waals surface area contributed by atoms with Gasteiger partial charge in [-0.25, -0.2) is 0 Å². The average molecular weight is 533 g/mol. The highest BCUT2D eigenvalue weighted by Gasteiger charge is 2.18. The van der Waals surface area contributed by atoms with Gasteiger partial charge in [-0.15, -0.1) is 0 Å². The summed E-state index contributed by atoms with van der Waals surface area (Å²) in [4.78, 5) is 9.39. The molecule has 2 heteroatoms. The van der Waals surface area contributed by atoms with E-state index >= 15 is 0 Å². The normalized spacial score (nSPS) is 11.8. The second kappa shape index (κ2) is 8.95. The van der Waals surface area contributed by atoms with Gasteiger partial charge >= 0.3 is 0 Å². The molecule has 0 saturated carbocycles. The minimum absolute atomic E-state index is 0.977. The highest BCUT2D eigenvalue weighted by molar-refractivity contribution is 6.25. The fourth-order valence-electron chi connectivity index (χ4n) is 6.92.